The van der Waals surface area contributed by atoms with Gasteiger partial charge >= 0.3 is 0 Å². The third kappa shape index (κ3) is 2.67. The van der Waals surface area contributed by atoms with Crippen LogP contribution in [0.15, 0.2) is 48.5 Å². The van der Waals surface area contributed by atoms with Crippen molar-refractivity contribution in [1.82, 2.24) is 0 Å². The highest BCUT2D eigenvalue weighted by Crippen LogP contribution is 2.33. The molecule has 0 saturated heterocycles. The van der Waals surface area contributed by atoms with Gasteiger partial charge in [-0.2, -0.15) is 5.26 Å². The highest BCUT2D eigenvalue weighted by Gasteiger charge is 2.20. The monoisotopic (exact) mass is 266 g/mol. The van der Waals surface area contributed by atoms with Crippen LogP contribution in [0.2, 0.25) is 0 Å². The summed E-state index contributed by atoms with van der Waals surface area (Å²) in [4.78, 5) is 1.95. The first kappa shape index (κ1) is 13.8. The van der Waals surface area contributed by atoms with Crippen molar-refractivity contribution in [3.8, 4) is 6.07 Å². The third-order valence-corrected chi connectivity index (χ3v) is 3.21. The SMILES string of the molecule is CCC(C#N)N(c1ccc(N)cc1)c1ccccc1N. The van der Waals surface area contributed by atoms with Gasteiger partial charge in [-0.25, -0.2) is 0 Å². The van der Waals surface area contributed by atoms with Crippen molar-refractivity contribution in [2.45, 2.75) is 19.4 Å². The second kappa shape index (κ2) is 5.98. The van der Waals surface area contributed by atoms with Gasteiger partial charge in [-0.05, 0) is 42.8 Å². The molecule has 4 nitrogen and oxygen atoms in total. The number of rotatable bonds is 4. The first-order valence-corrected chi connectivity index (χ1v) is 6.56. The van der Waals surface area contributed by atoms with Gasteiger partial charge in [0.25, 0.3) is 0 Å². The average molecular weight is 266 g/mol. The molecular weight excluding hydrogens is 248 g/mol. The van der Waals surface area contributed by atoms with E-state index in [0.29, 0.717) is 17.8 Å². The first-order valence-electron chi connectivity index (χ1n) is 6.56. The number of hydrogen-bond acceptors (Lipinski definition) is 4. The molecule has 20 heavy (non-hydrogen) atoms. The van der Waals surface area contributed by atoms with E-state index in [1.165, 1.54) is 0 Å². The van der Waals surface area contributed by atoms with E-state index in [1.54, 1.807) is 0 Å². The fraction of sp³-hybridized carbons (Fsp3) is 0.188. The van der Waals surface area contributed by atoms with Gasteiger partial charge in [0.05, 0.1) is 17.4 Å². The van der Waals surface area contributed by atoms with E-state index in [-0.39, 0.29) is 6.04 Å². The predicted octanol–water partition coefficient (Wildman–Crippen LogP) is 3.29. The second-order valence-electron chi connectivity index (χ2n) is 4.57. The summed E-state index contributed by atoms with van der Waals surface area (Å²) < 4.78 is 0. The van der Waals surface area contributed by atoms with Crippen LogP contribution >= 0.6 is 0 Å². The van der Waals surface area contributed by atoms with Crippen LogP contribution in [0, 0.1) is 11.3 Å². The molecule has 0 radical (unpaired) electrons. The molecular formula is C16H18N4. The van der Waals surface area contributed by atoms with Crippen molar-refractivity contribution in [3.63, 3.8) is 0 Å². The summed E-state index contributed by atoms with van der Waals surface area (Å²) in [6.07, 6.45) is 0.704. The highest BCUT2D eigenvalue weighted by atomic mass is 15.2. The van der Waals surface area contributed by atoms with Crippen LogP contribution in [0.1, 0.15) is 13.3 Å². The Kier molecular flexibility index (Phi) is 4.11. The molecule has 1 unspecified atom stereocenters. The number of benzene rings is 2. The lowest BCUT2D eigenvalue weighted by atomic mass is 10.1. The van der Waals surface area contributed by atoms with Gasteiger partial charge in [0, 0.05) is 11.4 Å². The van der Waals surface area contributed by atoms with Gasteiger partial charge in [0.15, 0.2) is 0 Å². The molecule has 4 heteroatoms. The molecule has 0 bridgehead atoms. The van der Waals surface area contributed by atoms with E-state index >= 15 is 0 Å². The topological polar surface area (TPSA) is 79.1 Å². The maximum Gasteiger partial charge on any atom is 0.121 e. The smallest absolute Gasteiger partial charge is 0.121 e. The Labute approximate surface area is 119 Å². The van der Waals surface area contributed by atoms with Crippen LogP contribution in [-0.4, -0.2) is 6.04 Å². The summed E-state index contributed by atoms with van der Waals surface area (Å²) >= 11 is 0. The summed E-state index contributed by atoms with van der Waals surface area (Å²) in [5.74, 6) is 0. The molecule has 4 N–H and O–H groups in total. The van der Waals surface area contributed by atoms with Crippen LogP contribution in [0.5, 0.6) is 0 Å². The van der Waals surface area contributed by atoms with Crippen LogP contribution in [0.4, 0.5) is 22.7 Å². The lowest BCUT2D eigenvalue weighted by Crippen LogP contribution is -2.29. The maximum atomic E-state index is 9.41. The minimum atomic E-state index is -0.275. The van der Waals surface area contributed by atoms with Gasteiger partial charge in [0.1, 0.15) is 6.04 Å². The summed E-state index contributed by atoms with van der Waals surface area (Å²) in [7, 11) is 0. The van der Waals surface area contributed by atoms with Gasteiger partial charge in [-0.1, -0.05) is 19.1 Å². The number of anilines is 4. The molecule has 0 fully saturated rings. The fourth-order valence-corrected chi connectivity index (χ4v) is 2.16. The van der Waals surface area contributed by atoms with E-state index in [1.807, 2.05) is 60.4 Å². The predicted molar refractivity (Wildman–Crippen MR) is 83.5 cm³/mol. The molecule has 2 rings (SSSR count). The summed E-state index contributed by atoms with van der Waals surface area (Å²) in [6.45, 7) is 1.98. The molecule has 0 saturated carbocycles. The largest absolute Gasteiger partial charge is 0.399 e. The summed E-state index contributed by atoms with van der Waals surface area (Å²) in [5, 5.41) is 9.41. The minimum absolute atomic E-state index is 0.275. The summed E-state index contributed by atoms with van der Waals surface area (Å²) in [5.41, 5.74) is 14.9. The van der Waals surface area contributed by atoms with Crippen molar-refractivity contribution in [1.29, 1.82) is 5.26 Å². The van der Waals surface area contributed by atoms with E-state index in [2.05, 4.69) is 6.07 Å². The van der Waals surface area contributed by atoms with Gasteiger partial charge in [0.2, 0.25) is 0 Å². The van der Waals surface area contributed by atoms with Gasteiger partial charge < -0.3 is 16.4 Å². The molecule has 0 aliphatic heterocycles. The summed E-state index contributed by atoms with van der Waals surface area (Å²) in [6, 6.07) is 17.1. The standard InChI is InChI=1S/C16H18N4/c1-2-13(11-17)20(14-9-7-12(18)8-10-14)16-6-4-3-5-15(16)19/h3-10,13H,2,18-19H2,1H3. The van der Waals surface area contributed by atoms with Crippen LogP contribution in [-0.2, 0) is 0 Å². The quantitative estimate of drug-likeness (QED) is 0.832. The Morgan fingerprint density at radius 3 is 2.30 bits per heavy atom. The number of nitrogens with two attached hydrogens (primary N) is 2. The van der Waals surface area contributed by atoms with Crippen molar-refractivity contribution < 1.29 is 0 Å². The van der Waals surface area contributed by atoms with Crippen LogP contribution in [0.25, 0.3) is 0 Å². The zero-order valence-electron chi connectivity index (χ0n) is 11.5. The zero-order chi connectivity index (χ0) is 14.5. The number of nitriles is 1. The molecule has 0 heterocycles. The molecule has 0 aliphatic carbocycles. The number of hydrogen-bond donors (Lipinski definition) is 2. The van der Waals surface area contributed by atoms with Gasteiger partial charge in [-0.15, -0.1) is 0 Å². The highest BCUT2D eigenvalue weighted by molar-refractivity contribution is 5.76. The van der Waals surface area contributed by atoms with Crippen molar-refractivity contribution >= 4 is 22.7 Å². The van der Waals surface area contributed by atoms with E-state index in [9.17, 15) is 5.26 Å². The molecule has 0 spiro atoms. The lowest BCUT2D eigenvalue weighted by Gasteiger charge is -2.30. The van der Waals surface area contributed by atoms with Crippen LogP contribution < -0.4 is 16.4 Å². The van der Waals surface area contributed by atoms with E-state index < -0.39 is 0 Å². The Bertz CT molecular complexity index is 613. The normalized spacial score (nSPS) is 11.6. The first-order chi connectivity index (χ1) is 9.67. The Morgan fingerprint density at radius 1 is 1.10 bits per heavy atom. The molecule has 2 aromatic rings. The molecule has 0 aromatic heterocycles. The molecule has 0 amide bonds. The van der Waals surface area contributed by atoms with Gasteiger partial charge in [-0.3, -0.25) is 0 Å². The lowest BCUT2D eigenvalue weighted by molar-refractivity contribution is 0.762. The van der Waals surface area contributed by atoms with E-state index in [0.717, 1.165) is 11.4 Å². The van der Waals surface area contributed by atoms with Crippen molar-refractivity contribution in [2.24, 2.45) is 0 Å². The number of nitrogen functional groups attached to an aromatic ring is 2. The fourth-order valence-electron chi connectivity index (χ4n) is 2.16. The molecule has 102 valence electrons. The molecule has 1 atom stereocenters. The van der Waals surface area contributed by atoms with Crippen molar-refractivity contribution in [3.05, 3.63) is 48.5 Å². The zero-order valence-corrected chi connectivity index (χ0v) is 11.5. The van der Waals surface area contributed by atoms with E-state index in [4.69, 9.17) is 11.5 Å². The molecule has 0 aliphatic rings. The Hall–Kier alpha value is -2.67. The maximum absolute atomic E-state index is 9.41. The number of nitrogens with zero attached hydrogens (tertiary/aromatic N) is 2. The van der Waals surface area contributed by atoms with Crippen LogP contribution in [0.3, 0.4) is 0 Å². The Balaban J connectivity index is 2.53. The number of para-hydroxylation sites is 2. The Morgan fingerprint density at radius 2 is 1.75 bits per heavy atom. The second-order valence-corrected chi connectivity index (χ2v) is 4.57. The van der Waals surface area contributed by atoms with Crippen molar-refractivity contribution in [2.75, 3.05) is 16.4 Å². The average Bonchev–Trinajstić information content (AvgIpc) is 2.47. The molecule has 2 aromatic carbocycles. The third-order valence-electron chi connectivity index (χ3n) is 3.21. The minimum Gasteiger partial charge on any atom is -0.399 e.